The minimum Gasteiger partial charge on any atom is -0.341 e. The lowest BCUT2D eigenvalue weighted by Crippen LogP contribution is -2.35. The zero-order valence-corrected chi connectivity index (χ0v) is 18.1. The van der Waals surface area contributed by atoms with E-state index < -0.39 is 0 Å². The number of carbonyl (C=O) groups is 2. The molecular weight excluding hydrogens is 392 g/mol. The number of amides is 1. The van der Waals surface area contributed by atoms with E-state index in [0.717, 1.165) is 59.5 Å². The summed E-state index contributed by atoms with van der Waals surface area (Å²) in [5, 5.41) is 0.749. The first kappa shape index (κ1) is 21.0. The molecule has 0 saturated carbocycles. The number of hydrogen-bond acceptors (Lipinski definition) is 4. The van der Waals surface area contributed by atoms with Crippen molar-refractivity contribution >= 4 is 34.6 Å². The molecule has 28 heavy (non-hydrogen) atoms. The average molecular weight is 419 g/mol. The van der Waals surface area contributed by atoms with Crippen LogP contribution in [0.2, 0.25) is 5.02 Å². The molecule has 0 atom stereocenters. The Labute approximate surface area is 176 Å². The molecule has 6 heteroatoms. The smallest absolute Gasteiger partial charge is 0.223 e. The van der Waals surface area contributed by atoms with E-state index in [1.807, 2.05) is 36.9 Å². The molecule has 1 aromatic heterocycles. The van der Waals surface area contributed by atoms with Gasteiger partial charge in [0.2, 0.25) is 5.91 Å². The number of halogens is 1. The summed E-state index contributed by atoms with van der Waals surface area (Å²) in [7, 11) is 0. The number of nitrogens with zero attached hydrogens (tertiary/aromatic N) is 2. The van der Waals surface area contributed by atoms with Crippen LogP contribution in [0.15, 0.2) is 30.3 Å². The standard InChI is InChI=1S/C22H27ClN2O2S/c1-16-14-20(17(2)28-16)21(26)8-9-22(27)25-11-3-10-24(12-13-25)15-18-4-6-19(23)7-5-18/h4-7,14H,3,8-13,15H2,1-2H3. The first-order valence-electron chi connectivity index (χ1n) is 9.77. The van der Waals surface area contributed by atoms with Gasteiger partial charge < -0.3 is 4.90 Å². The van der Waals surface area contributed by atoms with Crippen LogP contribution >= 0.6 is 22.9 Å². The molecule has 1 aliphatic heterocycles. The number of carbonyl (C=O) groups excluding carboxylic acids is 2. The SMILES string of the molecule is Cc1cc(C(=O)CCC(=O)N2CCCN(Cc3ccc(Cl)cc3)CC2)c(C)s1. The zero-order valence-electron chi connectivity index (χ0n) is 16.5. The molecule has 2 heterocycles. The number of aryl methyl sites for hydroxylation is 2. The maximum atomic E-state index is 12.6. The van der Waals surface area contributed by atoms with Gasteiger partial charge >= 0.3 is 0 Å². The van der Waals surface area contributed by atoms with E-state index in [1.54, 1.807) is 11.3 Å². The van der Waals surface area contributed by atoms with Crippen LogP contribution in [0.25, 0.3) is 0 Å². The predicted molar refractivity (Wildman–Crippen MR) is 115 cm³/mol. The summed E-state index contributed by atoms with van der Waals surface area (Å²) in [6.45, 7) is 8.15. The fourth-order valence-electron chi connectivity index (χ4n) is 3.65. The third-order valence-electron chi connectivity index (χ3n) is 5.17. The van der Waals surface area contributed by atoms with Crippen molar-refractivity contribution in [2.75, 3.05) is 26.2 Å². The van der Waals surface area contributed by atoms with Gasteiger partial charge in [0.1, 0.15) is 0 Å². The van der Waals surface area contributed by atoms with Crippen molar-refractivity contribution < 1.29 is 9.59 Å². The van der Waals surface area contributed by atoms with Crippen LogP contribution < -0.4 is 0 Å². The fourth-order valence-corrected chi connectivity index (χ4v) is 4.72. The summed E-state index contributed by atoms with van der Waals surface area (Å²) < 4.78 is 0. The highest BCUT2D eigenvalue weighted by Gasteiger charge is 2.21. The highest BCUT2D eigenvalue weighted by Crippen LogP contribution is 2.22. The molecule has 2 aromatic rings. The van der Waals surface area contributed by atoms with Gasteiger partial charge in [-0.25, -0.2) is 0 Å². The average Bonchev–Trinajstić information content (AvgIpc) is 2.87. The number of benzene rings is 1. The minimum atomic E-state index is 0.0781. The number of hydrogen-bond donors (Lipinski definition) is 0. The van der Waals surface area contributed by atoms with E-state index in [4.69, 9.17) is 11.6 Å². The van der Waals surface area contributed by atoms with Gasteiger partial charge in [-0.15, -0.1) is 11.3 Å². The van der Waals surface area contributed by atoms with Crippen molar-refractivity contribution in [2.24, 2.45) is 0 Å². The predicted octanol–water partition coefficient (Wildman–Crippen LogP) is 4.72. The van der Waals surface area contributed by atoms with Crippen molar-refractivity contribution in [1.29, 1.82) is 0 Å². The summed E-state index contributed by atoms with van der Waals surface area (Å²) in [6.07, 6.45) is 1.54. The van der Waals surface area contributed by atoms with E-state index in [2.05, 4.69) is 17.0 Å². The monoisotopic (exact) mass is 418 g/mol. The number of rotatable bonds is 6. The van der Waals surface area contributed by atoms with Gasteiger partial charge in [0.25, 0.3) is 0 Å². The van der Waals surface area contributed by atoms with E-state index in [9.17, 15) is 9.59 Å². The van der Waals surface area contributed by atoms with Gasteiger partial charge in [-0.2, -0.15) is 0 Å². The van der Waals surface area contributed by atoms with E-state index >= 15 is 0 Å². The molecular formula is C22H27ClN2O2S. The van der Waals surface area contributed by atoms with Crippen molar-refractivity contribution in [3.05, 3.63) is 56.2 Å². The van der Waals surface area contributed by atoms with E-state index in [0.29, 0.717) is 12.8 Å². The molecule has 0 N–H and O–H groups in total. The Morgan fingerprint density at radius 1 is 1.04 bits per heavy atom. The molecule has 1 saturated heterocycles. The zero-order chi connectivity index (χ0) is 20.1. The molecule has 1 amide bonds. The van der Waals surface area contributed by atoms with Crippen LogP contribution in [-0.4, -0.2) is 47.7 Å². The Balaban J connectivity index is 1.48. The quantitative estimate of drug-likeness (QED) is 0.637. The second-order valence-corrected chi connectivity index (χ2v) is 9.28. The molecule has 0 spiro atoms. The molecule has 3 rings (SSSR count). The maximum Gasteiger partial charge on any atom is 0.223 e. The van der Waals surface area contributed by atoms with Crippen LogP contribution in [0.4, 0.5) is 0 Å². The van der Waals surface area contributed by atoms with Crippen LogP contribution in [0, 0.1) is 13.8 Å². The largest absolute Gasteiger partial charge is 0.341 e. The van der Waals surface area contributed by atoms with Crippen LogP contribution in [0.3, 0.4) is 0 Å². The van der Waals surface area contributed by atoms with Gasteiger partial charge in [0.05, 0.1) is 0 Å². The minimum absolute atomic E-state index is 0.0781. The summed E-state index contributed by atoms with van der Waals surface area (Å²) in [6, 6.07) is 9.87. The Morgan fingerprint density at radius 2 is 1.79 bits per heavy atom. The number of Topliss-reactive ketones (excluding diaryl/α,β-unsaturated/α-hetero) is 1. The Morgan fingerprint density at radius 3 is 2.46 bits per heavy atom. The van der Waals surface area contributed by atoms with E-state index in [-0.39, 0.29) is 11.7 Å². The van der Waals surface area contributed by atoms with Gasteiger partial charge in [-0.1, -0.05) is 23.7 Å². The molecule has 1 aliphatic rings. The molecule has 0 aliphatic carbocycles. The molecule has 150 valence electrons. The Kier molecular flexibility index (Phi) is 7.27. The van der Waals surface area contributed by atoms with Gasteiger partial charge in [0.15, 0.2) is 5.78 Å². The van der Waals surface area contributed by atoms with Gasteiger partial charge in [-0.05, 0) is 44.0 Å². The molecule has 0 bridgehead atoms. The molecule has 1 aromatic carbocycles. The lowest BCUT2D eigenvalue weighted by atomic mass is 10.1. The third kappa shape index (κ3) is 5.66. The summed E-state index contributed by atoms with van der Waals surface area (Å²) >= 11 is 7.59. The normalized spacial score (nSPS) is 15.5. The van der Waals surface area contributed by atoms with Gasteiger partial charge in [-0.3, -0.25) is 14.5 Å². The Bertz CT molecular complexity index is 832. The molecule has 1 fully saturated rings. The van der Waals surface area contributed by atoms with Crippen LogP contribution in [0.5, 0.6) is 0 Å². The molecule has 0 unspecified atom stereocenters. The lowest BCUT2D eigenvalue weighted by Gasteiger charge is -2.22. The summed E-state index contributed by atoms with van der Waals surface area (Å²) in [5.74, 6) is 0.167. The first-order valence-corrected chi connectivity index (χ1v) is 11.0. The highest BCUT2D eigenvalue weighted by molar-refractivity contribution is 7.12. The summed E-state index contributed by atoms with van der Waals surface area (Å²) in [4.78, 5) is 31.5. The van der Waals surface area contributed by atoms with Crippen molar-refractivity contribution in [3.63, 3.8) is 0 Å². The second kappa shape index (κ2) is 9.68. The first-order chi connectivity index (χ1) is 13.4. The molecule has 0 radical (unpaired) electrons. The summed E-state index contributed by atoms with van der Waals surface area (Å²) in [5.41, 5.74) is 2.01. The van der Waals surface area contributed by atoms with Crippen molar-refractivity contribution in [3.8, 4) is 0 Å². The van der Waals surface area contributed by atoms with Gasteiger partial charge in [0, 0.05) is 65.9 Å². The van der Waals surface area contributed by atoms with Crippen molar-refractivity contribution in [2.45, 2.75) is 39.7 Å². The lowest BCUT2D eigenvalue weighted by molar-refractivity contribution is -0.131. The topological polar surface area (TPSA) is 40.6 Å². The number of thiophene rings is 1. The highest BCUT2D eigenvalue weighted by atomic mass is 35.5. The number of ketones is 1. The fraction of sp³-hybridized carbons (Fsp3) is 0.455. The van der Waals surface area contributed by atoms with E-state index in [1.165, 1.54) is 5.56 Å². The second-order valence-electron chi connectivity index (χ2n) is 7.39. The molecule has 4 nitrogen and oxygen atoms in total. The van der Waals surface area contributed by atoms with Crippen LogP contribution in [-0.2, 0) is 11.3 Å². The maximum absolute atomic E-state index is 12.6. The van der Waals surface area contributed by atoms with Crippen LogP contribution in [0.1, 0.15) is 44.9 Å². The van der Waals surface area contributed by atoms with Crippen molar-refractivity contribution in [1.82, 2.24) is 9.80 Å². The third-order valence-corrected chi connectivity index (χ3v) is 6.39. The Hall–Kier alpha value is -1.69.